The van der Waals surface area contributed by atoms with Crippen molar-refractivity contribution in [3.63, 3.8) is 0 Å². The molecule has 0 saturated carbocycles. The maximum Gasteiger partial charge on any atom is 0.316 e. The Morgan fingerprint density at radius 1 is 1.07 bits per heavy atom. The Hall–Kier alpha value is -2.99. The summed E-state index contributed by atoms with van der Waals surface area (Å²) in [6.07, 6.45) is 6.95. The number of terminal acetylenes is 1. The van der Waals surface area contributed by atoms with Gasteiger partial charge in [-0.1, -0.05) is 0 Å². The molecule has 1 aromatic heterocycles. The lowest BCUT2D eigenvalue weighted by atomic mass is 10.1. The van der Waals surface area contributed by atoms with Gasteiger partial charge in [-0.2, -0.15) is 4.37 Å². The van der Waals surface area contributed by atoms with Gasteiger partial charge in [-0.25, -0.2) is 0 Å². The minimum absolute atomic E-state index is 0.00491. The number of hydrogen-bond donors (Lipinski definition) is 2. The van der Waals surface area contributed by atoms with Crippen LogP contribution in [0, 0.1) is 18.3 Å². The highest BCUT2D eigenvalue weighted by Crippen LogP contribution is 2.26. The van der Waals surface area contributed by atoms with Crippen LogP contribution in [0.1, 0.15) is 59.3 Å². The lowest BCUT2D eigenvalue weighted by molar-refractivity contribution is -0.165. The van der Waals surface area contributed by atoms with Crippen molar-refractivity contribution in [2.75, 3.05) is 64.1 Å². The Morgan fingerprint density at radius 2 is 1.74 bits per heavy atom. The standard InChI is InChI=1S/C28H45N5O8S/c1-5-6-7-10-23(34)38-18-21(19-39-24(35)11-8-9-12-29)27(36)41-22(17-30-28(2,3)4)20-40-26-25(31-42-32-26)33-13-15-37-16-14-33/h1,21-22,30H,6-20,29H2,2-4H3/t21?,22-/m0/s1. The highest BCUT2D eigenvalue weighted by Gasteiger charge is 2.29. The van der Waals surface area contributed by atoms with Gasteiger partial charge in [0.15, 0.2) is 0 Å². The van der Waals surface area contributed by atoms with E-state index in [1.807, 2.05) is 25.7 Å². The molecule has 0 aromatic carbocycles. The number of aromatic nitrogens is 2. The van der Waals surface area contributed by atoms with E-state index >= 15 is 0 Å². The third-order valence-corrected chi connectivity index (χ3v) is 6.57. The van der Waals surface area contributed by atoms with Gasteiger partial charge in [0.25, 0.3) is 5.88 Å². The summed E-state index contributed by atoms with van der Waals surface area (Å²) >= 11 is 1.03. The molecule has 42 heavy (non-hydrogen) atoms. The van der Waals surface area contributed by atoms with Gasteiger partial charge >= 0.3 is 17.9 Å². The maximum atomic E-state index is 13.3. The Balaban J connectivity index is 2.07. The molecule has 2 atom stereocenters. The topological polar surface area (TPSA) is 164 Å². The van der Waals surface area contributed by atoms with Crippen LogP contribution in [0.15, 0.2) is 0 Å². The first-order valence-corrected chi connectivity index (χ1v) is 15.0. The second-order valence-electron chi connectivity index (χ2n) is 10.9. The number of nitrogens with two attached hydrogens (primary N) is 1. The zero-order valence-electron chi connectivity index (χ0n) is 24.9. The van der Waals surface area contributed by atoms with Crippen molar-refractivity contribution in [2.24, 2.45) is 11.7 Å². The molecule has 14 heteroatoms. The van der Waals surface area contributed by atoms with E-state index in [0.717, 1.165) is 11.7 Å². The smallest absolute Gasteiger partial charge is 0.316 e. The van der Waals surface area contributed by atoms with Crippen LogP contribution in [-0.2, 0) is 33.3 Å². The molecule has 1 aliphatic rings. The third-order valence-electron chi connectivity index (χ3n) is 6.06. The molecule has 2 heterocycles. The van der Waals surface area contributed by atoms with E-state index < -0.39 is 29.9 Å². The summed E-state index contributed by atoms with van der Waals surface area (Å²) in [4.78, 5) is 39.7. The summed E-state index contributed by atoms with van der Waals surface area (Å²) < 4.78 is 36.5. The van der Waals surface area contributed by atoms with Crippen LogP contribution >= 0.6 is 11.7 Å². The molecule has 3 N–H and O–H groups in total. The Morgan fingerprint density at radius 3 is 2.36 bits per heavy atom. The normalized spacial score (nSPS) is 14.9. The Labute approximate surface area is 252 Å². The summed E-state index contributed by atoms with van der Waals surface area (Å²) in [6, 6.07) is 0. The number of nitrogens with zero attached hydrogens (tertiary/aromatic N) is 3. The predicted octanol–water partition coefficient (Wildman–Crippen LogP) is 1.69. The zero-order chi connectivity index (χ0) is 30.8. The molecule has 236 valence electrons. The molecule has 1 aromatic rings. The van der Waals surface area contributed by atoms with Crippen molar-refractivity contribution in [3.8, 4) is 18.2 Å². The maximum absolute atomic E-state index is 13.3. The second-order valence-corrected chi connectivity index (χ2v) is 11.4. The van der Waals surface area contributed by atoms with E-state index in [0.29, 0.717) is 70.2 Å². The van der Waals surface area contributed by atoms with Crippen LogP contribution in [0.3, 0.4) is 0 Å². The van der Waals surface area contributed by atoms with Gasteiger partial charge in [-0.15, -0.1) is 16.7 Å². The average Bonchev–Trinajstić information content (AvgIpc) is 3.43. The van der Waals surface area contributed by atoms with Crippen molar-refractivity contribution in [1.82, 2.24) is 14.1 Å². The Kier molecular flexibility index (Phi) is 16.1. The minimum atomic E-state index is -1.03. The van der Waals surface area contributed by atoms with Crippen molar-refractivity contribution in [1.29, 1.82) is 0 Å². The SMILES string of the molecule is C#CCCCC(=O)OCC(COC(=O)CCCCN)C(=O)O[C@@H](CNC(C)(C)C)COc1nsnc1N1CCOCC1. The highest BCUT2D eigenvalue weighted by molar-refractivity contribution is 6.99. The van der Waals surface area contributed by atoms with Gasteiger partial charge in [0.1, 0.15) is 31.8 Å². The first-order chi connectivity index (χ1) is 20.1. The fraction of sp³-hybridized carbons (Fsp3) is 0.750. The highest BCUT2D eigenvalue weighted by atomic mass is 32.1. The molecule has 0 amide bonds. The van der Waals surface area contributed by atoms with Crippen LogP contribution in [0.4, 0.5) is 5.82 Å². The molecule has 1 saturated heterocycles. The van der Waals surface area contributed by atoms with Crippen LogP contribution in [-0.4, -0.2) is 97.5 Å². The van der Waals surface area contributed by atoms with Crippen LogP contribution in [0.5, 0.6) is 5.88 Å². The number of ether oxygens (including phenoxy) is 5. The largest absolute Gasteiger partial charge is 0.470 e. The monoisotopic (exact) mass is 611 g/mol. The van der Waals surface area contributed by atoms with E-state index in [2.05, 4.69) is 20.0 Å². The number of morpholine rings is 1. The first-order valence-electron chi connectivity index (χ1n) is 14.3. The number of rotatable bonds is 19. The van der Waals surface area contributed by atoms with E-state index in [-0.39, 0.29) is 44.7 Å². The molecule has 1 unspecified atom stereocenters. The van der Waals surface area contributed by atoms with Crippen molar-refractivity contribution >= 4 is 35.5 Å². The number of unbranched alkanes of at least 4 members (excludes halogenated alkanes) is 2. The quantitative estimate of drug-likeness (QED) is 0.101. The molecule has 2 rings (SSSR count). The number of hydrogen-bond acceptors (Lipinski definition) is 14. The Bertz CT molecular complexity index is 1000. The number of esters is 3. The predicted molar refractivity (Wildman–Crippen MR) is 157 cm³/mol. The first kappa shape index (κ1) is 35.2. The molecule has 1 aliphatic heterocycles. The molecular formula is C28H45N5O8S. The summed E-state index contributed by atoms with van der Waals surface area (Å²) in [5.41, 5.74) is 5.22. The third kappa shape index (κ3) is 14.3. The molecule has 0 spiro atoms. The van der Waals surface area contributed by atoms with E-state index in [1.165, 1.54) is 0 Å². The summed E-state index contributed by atoms with van der Waals surface area (Å²) in [5.74, 6) is 0.753. The fourth-order valence-electron chi connectivity index (χ4n) is 3.69. The van der Waals surface area contributed by atoms with Crippen molar-refractivity contribution in [2.45, 2.75) is 70.9 Å². The number of nitrogens with one attached hydrogen (secondary N) is 1. The molecule has 0 radical (unpaired) electrons. The number of anilines is 1. The van der Waals surface area contributed by atoms with Gasteiger partial charge in [0.2, 0.25) is 5.82 Å². The van der Waals surface area contributed by atoms with Gasteiger partial charge < -0.3 is 39.6 Å². The van der Waals surface area contributed by atoms with E-state index in [4.69, 9.17) is 35.8 Å². The molecular weight excluding hydrogens is 566 g/mol. The fourth-order valence-corrected chi connectivity index (χ4v) is 4.21. The average molecular weight is 612 g/mol. The summed E-state index contributed by atoms with van der Waals surface area (Å²) in [5, 5.41) is 3.32. The molecule has 0 bridgehead atoms. The zero-order valence-corrected chi connectivity index (χ0v) is 25.7. The van der Waals surface area contributed by atoms with Crippen LogP contribution in [0.2, 0.25) is 0 Å². The van der Waals surface area contributed by atoms with Gasteiger partial charge in [-0.05, 0) is 46.6 Å². The second kappa shape index (κ2) is 19.2. The summed E-state index contributed by atoms with van der Waals surface area (Å²) in [6.45, 7) is 8.60. The van der Waals surface area contributed by atoms with Crippen LogP contribution < -0.4 is 20.7 Å². The molecule has 13 nitrogen and oxygen atoms in total. The summed E-state index contributed by atoms with van der Waals surface area (Å²) in [7, 11) is 0. The minimum Gasteiger partial charge on any atom is -0.470 e. The van der Waals surface area contributed by atoms with Crippen LogP contribution in [0.25, 0.3) is 0 Å². The van der Waals surface area contributed by atoms with Gasteiger partial charge in [0.05, 0.1) is 24.9 Å². The number of carbonyl (C=O) groups is 3. The molecule has 1 fully saturated rings. The van der Waals surface area contributed by atoms with Gasteiger partial charge in [-0.3, -0.25) is 14.4 Å². The van der Waals surface area contributed by atoms with Crippen molar-refractivity contribution < 1.29 is 38.1 Å². The lowest BCUT2D eigenvalue weighted by Gasteiger charge is -2.28. The number of carbonyl (C=O) groups excluding carboxylic acids is 3. The lowest BCUT2D eigenvalue weighted by Crippen LogP contribution is -2.45. The van der Waals surface area contributed by atoms with Gasteiger partial charge in [0, 0.05) is 44.4 Å². The molecule has 0 aliphatic carbocycles. The van der Waals surface area contributed by atoms with E-state index in [1.54, 1.807) is 0 Å². The van der Waals surface area contributed by atoms with Crippen molar-refractivity contribution in [3.05, 3.63) is 0 Å². The van der Waals surface area contributed by atoms with E-state index in [9.17, 15) is 14.4 Å².